The largest absolute Gasteiger partial charge is 0.454 e. The Morgan fingerprint density at radius 1 is 0.960 bits per heavy atom. The van der Waals surface area contributed by atoms with Crippen LogP contribution in [0, 0.1) is 0 Å². The molecule has 1 amide bonds. The van der Waals surface area contributed by atoms with Gasteiger partial charge in [0.2, 0.25) is 12.7 Å². The van der Waals surface area contributed by atoms with Crippen LogP contribution in [0.5, 0.6) is 11.5 Å². The first-order valence-electron chi connectivity index (χ1n) is 7.85. The van der Waals surface area contributed by atoms with E-state index in [2.05, 4.69) is 10.6 Å². The molecule has 6 heteroatoms. The fourth-order valence-corrected chi connectivity index (χ4v) is 3.26. The van der Waals surface area contributed by atoms with Crippen molar-refractivity contribution in [3.8, 4) is 11.5 Å². The topological polar surface area (TPSA) is 59.6 Å². The van der Waals surface area contributed by atoms with Gasteiger partial charge in [-0.3, -0.25) is 4.79 Å². The number of amides is 1. The molecule has 1 aliphatic heterocycles. The predicted molar refractivity (Wildman–Crippen MR) is 98.9 cm³/mol. The van der Waals surface area contributed by atoms with Gasteiger partial charge >= 0.3 is 0 Å². The van der Waals surface area contributed by atoms with E-state index in [0.717, 1.165) is 33.4 Å². The van der Waals surface area contributed by atoms with Gasteiger partial charge in [-0.25, -0.2) is 0 Å². The van der Waals surface area contributed by atoms with Crippen LogP contribution in [0.4, 0.5) is 17.1 Å². The van der Waals surface area contributed by atoms with Gasteiger partial charge < -0.3 is 20.1 Å². The number of hydrogen-bond acceptors (Lipinski definition) is 5. The highest BCUT2D eigenvalue weighted by Gasteiger charge is 2.13. The van der Waals surface area contributed by atoms with Crippen LogP contribution in [0.3, 0.4) is 0 Å². The third-order valence-electron chi connectivity index (χ3n) is 3.74. The molecule has 4 rings (SSSR count). The SMILES string of the molecule is O=C(Cc1cccs1)Nc1ccc(Nc2ccc3c(c2)OCO3)cc1. The van der Waals surface area contributed by atoms with E-state index in [9.17, 15) is 4.79 Å². The molecular weight excluding hydrogens is 336 g/mol. The maximum Gasteiger partial charge on any atom is 0.231 e. The predicted octanol–water partition coefficient (Wildman–Crippen LogP) is 4.40. The summed E-state index contributed by atoms with van der Waals surface area (Å²) in [5, 5.41) is 8.18. The lowest BCUT2D eigenvalue weighted by Crippen LogP contribution is -2.13. The molecule has 2 N–H and O–H groups in total. The van der Waals surface area contributed by atoms with Gasteiger partial charge in [-0.1, -0.05) is 6.07 Å². The number of carbonyl (C=O) groups excluding carboxylic acids is 1. The van der Waals surface area contributed by atoms with Crippen LogP contribution in [-0.2, 0) is 11.2 Å². The minimum Gasteiger partial charge on any atom is -0.454 e. The van der Waals surface area contributed by atoms with Crippen LogP contribution in [0.15, 0.2) is 60.0 Å². The zero-order chi connectivity index (χ0) is 17.1. The fraction of sp³-hybridized carbons (Fsp3) is 0.105. The Bertz CT molecular complexity index is 876. The molecule has 25 heavy (non-hydrogen) atoms. The van der Waals surface area contributed by atoms with Crippen molar-refractivity contribution in [2.24, 2.45) is 0 Å². The Kier molecular flexibility index (Phi) is 4.26. The number of hydrogen-bond donors (Lipinski definition) is 2. The molecular formula is C19H16N2O3S. The van der Waals surface area contributed by atoms with Gasteiger partial charge in [0.15, 0.2) is 11.5 Å². The van der Waals surface area contributed by atoms with Gasteiger partial charge in [-0.05, 0) is 47.8 Å². The lowest BCUT2D eigenvalue weighted by molar-refractivity contribution is -0.115. The molecule has 0 saturated carbocycles. The molecule has 126 valence electrons. The van der Waals surface area contributed by atoms with Crippen molar-refractivity contribution < 1.29 is 14.3 Å². The molecule has 0 spiro atoms. The second kappa shape index (κ2) is 6.86. The molecule has 2 heterocycles. The number of thiophene rings is 1. The van der Waals surface area contributed by atoms with E-state index in [1.807, 2.05) is 60.0 Å². The number of fused-ring (bicyclic) bond motifs is 1. The molecule has 0 saturated heterocycles. The monoisotopic (exact) mass is 352 g/mol. The molecule has 1 aromatic heterocycles. The summed E-state index contributed by atoms with van der Waals surface area (Å²) in [6.45, 7) is 0.263. The molecule has 0 fully saturated rings. The van der Waals surface area contributed by atoms with Crippen molar-refractivity contribution in [1.29, 1.82) is 0 Å². The fourth-order valence-electron chi connectivity index (χ4n) is 2.55. The molecule has 0 unspecified atom stereocenters. The van der Waals surface area contributed by atoms with E-state index in [1.165, 1.54) is 0 Å². The van der Waals surface area contributed by atoms with E-state index >= 15 is 0 Å². The van der Waals surface area contributed by atoms with Gasteiger partial charge in [0.25, 0.3) is 0 Å². The summed E-state index contributed by atoms with van der Waals surface area (Å²) < 4.78 is 10.7. The van der Waals surface area contributed by atoms with E-state index in [0.29, 0.717) is 6.42 Å². The van der Waals surface area contributed by atoms with Gasteiger partial charge in [-0.15, -0.1) is 11.3 Å². The van der Waals surface area contributed by atoms with Crippen molar-refractivity contribution in [3.63, 3.8) is 0 Å². The van der Waals surface area contributed by atoms with Crippen molar-refractivity contribution in [1.82, 2.24) is 0 Å². The summed E-state index contributed by atoms with van der Waals surface area (Å²) in [5.41, 5.74) is 2.62. The first-order chi connectivity index (χ1) is 12.3. The smallest absolute Gasteiger partial charge is 0.231 e. The molecule has 0 radical (unpaired) electrons. The molecule has 0 aliphatic carbocycles. The van der Waals surface area contributed by atoms with Crippen molar-refractivity contribution >= 4 is 34.3 Å². The van der Waals surface area contributed by atoms with Gasteiger partial charge in [0, 0.05) is 28.0 Å². The summed E-state index contributed by atoms with van der Waals surface area (Å²) in [4.78, 5) is 13.1. The highest BCUT2D eigenvalue weighted by atomic mass is 32.1. The molecule has 1 aliphatic rings. The third kappa shape index (κ3) is 3.75. The number of benzene rings is 2. The second-order valence-corrected chi connectivity index (χ2v) is 6.61. The maximum absolute atomic E-state index is 12.0. The van der Waals surface area contributed by atoms with Gasteiger partial charge in [-0.2, -0.15) is 0 Å². The Hall–Kier alpha value is -2.99. The first-order valence-corrected chi connectivity index (χ1v) is 8.73. The Morgan fingerprint density at radius 3 is 2.52 bits per heavy atom. The molecule has 3 aromatic rings. The van der Waals surface area contributed by atoms with E-state index < -0.39 is 0 Å². The first kappa shape index (κ1) is 15.5. The average Bonchev–Trinajstić information content (AvgIpc) is 3.27. The average molecular weight is 352 g/mol. The van der Waals surface area contributed by atoms with E-state index in [-0.39, 0.29) is 12.7 Å². The summed E-state index contributed by atoms with van der Waals surface area (Å²) >= 11 is 1.58. The summed E-state index contributed by atoms with van der Waals surface area (Å²) in [6.07, 6.45) is 0.398. The molecule has 0 bridgehead atoms. The molecule has 2 aromatic carbocycles. The lowest BCUT2D eigenvalue weighted by atomic mass is 10.2. The third-order valence-corrected chi connectivity index (χ3v) is 4.62. The quantitative estimate of drug-likeness (QED) is 0.714. The Balaban J connectivity index is 1.37. The standard InChI is InChI=1S/C19H16N2O3S/c22-19(11-16-2-1-9-25-16)21-14-5-3-13(4-6-14)20-15-7-8-17-18(10-15)24-12-23-17/h1-10,20H,11-12H2,(H,21,22). The van der Waals surface area contributed by atoms with E-state index in [1.54, 1.807) is 11.3 Å². The lowest BCUT2D eigenvalue weighted by Gasteiger charge is -2.09. The zero-order valence-corrected chi connectivity index (χ0v) is 14.1. The minimum atomic E-state index is -0.0149. The summed E-state index contributed by atoms with van der Waals surface area (Å²) in [7, 11) is 0. The highest BCUT2D eigenvalue weighted by molar-refractivity contribution is 7.10. The number of ether oxygens (including phenoxy) is 2. The maximum atomic E-state index is 12.0. The molecule has 0 atom stereocenters. The number of anilines is 3. The minimum absolute atomic E-state index is 0.0149. The van der Waals surface area contributed by atoms with Crippen molar-refractivity contribution in [2.75, 3.05) is 17.4 Å². The summed E-state index contributed by atoms with van der Waals surface area (Å²) in [5.74, 6) is 1.48. The number of nitrogens with one attached hydrogen (secondary N) is 2. The van der Waals surface area contributed by atoms with Crippen LogP contribution < -0.4 is 20.1 Å². The van der Waals surface area contributed by atoms with Gasteiger partial charge in [0.05, 0.1) is 6.42 Å². The van der Waals surface area contributed by atoms with Crippen LogP contribution in [0.2, 0.25) is 0 Å². The Labute approximate surface area is 149 Å². The van der Waals surface area contributed by atoms with E-state index in [4.69, 9.17) is 9.47 Å². The summed E-state index contributed by atoms with van der Waals surface area (Å²) in [6, 6.07) is 17.2. The van der Waals surface area contributed by atoms with Crippen molar-refractivity contribution in [2.45, 2.75) is 6.42 Å². The second-order valence-electron chi connectivity index (χ2n) is 5.57. The van der Waals surface area contributed by atoms with Crippen LogP contribution >= 0.6 is 11.3 Å². The van der Waals surface area contributed by atoms with Crippen LogP contribution in [-0.4, -0.2) is 12.7 Å². The van der Waals surface area contributed by atoms with Crippen LogP contribution in [0.25, 0.3) is 0 Å². The Morgan fingerprint density at radius 2 is 1.72 bits per heavy atom. The van der Waals surface area contributed by atoms with Gasteiger partial charge in [0.1, 0.15) is 0 Å². The van der Waals surface area contributed by atoms with Crippen LogP contribution in [0.1, 0.15) is 4.88 Å². The number of rotatable bonds is 5. The molecule has 5 nitrogen and oxygen atoms in total. The number of carbonyl (C=O) groups is 1. The normalized spacial score (nSPS) is 12.0. The van der Waals surface area contributed by atoms with Crippen molar-refractivity contribution in [3.05, 3.63) is 64.9 Å². The highest BCUT2D eigenvalue weighted by Crippen LogP contribution is 2.35. The zero-order valence-electron chi connectivity index (χ0n) is 13.3.